The average Bonchev–Trinajstić information content (AvgIpc) is 3.37. The predicted molar refractivity (Wildman–Crippen MR) is 108 cm³/mol. The molecule has 9 nitrogen and oxygen atoms in total. The first-order chi connectivity index (χ1) is 14.4. The molecule has 2 amide bonds. The summed E-state index contributed by atoms with van der Waals surface area (Å²) in [6.45, 7) is 3.82. The molecule has 30 heavy (non-hydrogen) atoms. The van der Waals surface area contributed by atoms with Gasteiger partial charge in [-0.3, -0.25) is 4.79 Å². The molecule has 0 aliphatic carbocycles. The van der Waals surface area contributed by atoms with E-state index in [2.05, 4.69) is 11.9 Å². The highest BCUT2D eigenvalue weighted by Gasteiger charge is 2.32. The summed E-state index contributed by atoms with van der Waals surface area (Å²) in [4.78, 5) is 25.8. The lowest BCUT2D eigenvalue weighted by Crippen LogP contribution is -2.49. The van der Waals surface area contributed by atoms with Crippen molar-refractivity contribution in [2.45, 2.75) is 31.2 Å². The van der Waals surface area contributed by atoms with Gasteiger partial charge < -0.3 is 29.4 Å². The van der Waals surface area contributed by atoms with Crippen molar-refractivity contribution in [1.82, 2.24) is 10.2 Å². The number of ether oxygens (including phenoxy) is 1. The summed E-state index contributed by atoms with van der Waals surface area (Å²) in [6.07, 6.45) is 2.16. The van der Waals surface area contributed by atoms with Crippen molar-refractivity contribution in [3.63, 3.8) is 0 Å². The van der Waals surface area contributed by atoms with Gasteiger partial charge in [0.2, 0.25) is 0 Å². The van der Waals surface area contributed by atoms with Crippen LogP contribution < -0.4 is 5.32 Å². The Bertz CT molecular complexity index is 982. The molecule has 0 radical (unpaired) electrons. The van der Waals surface area contributed by atoms with Crippen LogP contribution in [-0.2, 0) is 16.0 Å². The number of rotatable bonds is 7. The van der Waals surface area contributed by atoms with Crippen LogP contribution in [0, 0.1) is 11.3 Å². The lowest BCUT2D eigenvalue weighted by molar-refractivity contribution is -0.128. The number of carbonyl (C=O) groups is 2. The molecule has 3 rings (SSSR count). The zero-order valence-electron chi connectivity index (χ0n) is 16.3. The van der Waals surface area contributed by atoms with Crippen LogP contribution in [-0.4, -0.2) is 59.2 Å². The molecule has 2 heterocycles. The molecular formula is C20H22BN3O6. The van der Waals surface area contributed by atoms with E-state index in [4.69, 9.17) is 14.4 Å². The lowest BCUT2D eigenvalue weighted by atomic mass is 9.76. The molecule has 0 saturated carbocycles. The van der Waals surface area contributed by atoms with E-state index in [1.807, 2.05) is 18.2 Å². The summed E-state index contributed by atoms with van der Waals surface area (Å²) in [7, 11) is -1.81. The average molecular weight is 411 g/mol. The third-order valence-electron chi connectivity index (χ3n) is 5.10. The molecule has 0 unspecified atom stereocenters. The van der Waals surface area contributed by atoms with Crippen molar-refractivity contribution in [1.29, 1.82) is 5.26 Å². The second kappa shape index (κ2) is 9.48. The fourth-order valence-corrected chi connectivity index (χ4v) is 3.52. The highest BCUT2D eigenvalue weighted by Crippen LogP contribution is 2.22. The molecule has 2 aromatic rings. The smallest absolute Gasteiger partial charge is 0.464 e. The Hall–Kier alpha value is -3.29. The first-order valence-corrected chi connectivity index (χ1v) is 9.55. The first kappa shape index (κ1) is 21.4. The Morgan fingerprint density at radius 2 is 2.20 bits per heavy atom. The van der Waals surface area contributed by atoms with Gasteiger partial charge >= 0.3 is 13.2 Å². The number of hydrogen-bond acceptors (Lipinski definition) is 7. The van der Waals surface area contributed by atoms with Crippen molar-refractivity contribution >= 4 is 30.1 Å². The maximum atomic E-state index is 12.2. The number of para-hydroxylation sites is 1. The number of fused-ring (bicyclic) bond motifs is 1. The standard InChI is InChI=1S/C20H22BN3O6/c1-13(10-22)19(25)24-8-4-5-15(24)12-30-20(26)23-18(21(27)28)9-14-11-29-17-7-3-2-6-16(14)17/h2-3,6-7,11,15,18,27-28H,1,4-5,8-9,12H2,(H,23,26)/t15-,18+/m1/s1. The first-order valence-electron chi connectivity index (χ1n) is 9.55. The summed E-state index contributed by atoms with van der Waals surface area (Å²) in [5.74, 6) is -1.49. The van der Waals surface area contributed by atoms with Crippen molar-refractivity contribution < 1.29 is 28.8 Å². The van der Waals surface area contributed by atoms with E-state index in [0.29, 0.717) is 24.1 Å². The highest BCUT2D eigenvalue weighted by molar-refractivity contribution is 6.43. The number of hydrogen-bond donors (Lipinski definition) is 3. The molecule has 2 atom stereocenters. The van der Waals surface area contributed by atoms with Crippen LogP contribution in [0.25, 0.3) is 11.0 Å². The molecule has 10 heteroatoms. The number of likely N-dealkylation sites (tertiary alicyclic amines) is 1. The Morgan fingerprint density at radius 1 is 1.43 bits per heavy atom. The largest absolute Gasteiger partial charge is 0.475 e. The van der Waals surface area contributed by atoms with Crippen molar-refractivity contribution in [2.24, 2.45) is 0 Å². The number of alkyl carbamates (subject to hydrolysis) is 1. The van der Waals surface area contributed by atoms with Crippen LogP contribution in [0.2, 0.25) is 0 Å². The maximum Gasteiger partial charge on any atom is 0.475 e. The molecular weight excluding hydrogens is 389 g/mol. The molecule has 156 valence electrons. The minimum Gasteiger partial charge on any atom is -0.464 e. The third kappa shape index (κ3) is 4.82. The fraction of sp³-hybridized carbons (Fsp3) is 0.350. The quantitative estimate of drug-likeness (QED) is 0.353. The Labute approximate surface area is 173 Å². The number of benzene rings is 1. The lowest BCUT2D eigenvalue weighted by Gasteiger charge is -2.24. The number of nitrogens with zero attached hydrogens (tertiary/aromatic N) is 2. The minimum atomic E-state index is -1.81. The van der Waals surface area contributed by atoms with Gasteiger partial charge in [-0.1, -0.05) is 24.8 Å². The second-order valence-corrected chi connectivity index (χ2v) is 7.11. The van der Waals surface area contributed by atoms with Crippen LogP contribution in [0.5, 0.6) is 0 Å². The van der Waals surface area contributed by atoms with Crippen LogP contribution in [0.15, 0.2) is 47.1 Å². The molecule has 0 spiro atoms. The van der Waals surface area contributed by atoms with Crippen molar-refractivity contribution in [2.75, 3.05) is 13.2 Å². The van der Waals surface area contributed by atoms with Gasteiger partial charge in [0.05, 0.1) is 18.2 Å². The van der Waals surface area contributed by atoms with E-state index < -0.39 is 25.1 Å². The van der Waals surface area contributed by atoms with Gasteiger partial charge in [0.25, 0.3) is 5.91 Å². The minimum absolute atomic E-state index is 0.0703. The molecule has 1 aromatic carbocycles. The predicted octanol–water partition coefficient (Wildman–Crippen LogP) is 1.15. The second-order valence-electron chi connectivity index (χ2n) is 7.11. The number of nitrogens with one attached hydrogen (secondary N) is 1. The number of carbonyl (C=O) groups excluding carboxylic acids is 2. The summed E-state index contributed by atoms with van der Waals surface area (Å²) < 4.78 is 10.6. The molecule has 1 saturated heterocycles. The van der Waals surface area contributed by atoms with Gasteiger partial charge in [-0.25, -0.2) is 4.79 Å². The number of amides is 2. The summed E-state index contributed by atoms with van der Waals surface area (Å²) in [6, 6.07) is 8.67. The highest BCUT2D eigenvalue weighted by atomic mass is 16.5. The SMILES string of the molecule is C=C(C#N)C(=O)N1CCC[C@@H]1COC(=O)N[C@@H](Cc1coc2ccccc12)B(O)O. The fourth-order valence-electron chi connectivity index (χ4n) is 3.52. The zero-order chi connectivity index (χ0) is 21.7. The van der Waals surface area contributed by atoms with Crippen LogP contribution in [0.1, 0.15) is 18.4 Å². The van der Waals surface area contributed by atoms with Gasteiger partial charge in [0.1, 0.15) is 23.8 Å². The van der Waals surface area contributed by atoms with Crippen molar-refractivity contribution in [3.05, 3.63) is 48.2 Å². The number of furan rings is 1. The normalized spacial score (nSPS) is 16.7. The molecule has 0 bridgehead atoms. The van der Waals surface area contributed by atoms with Crippen molar-refractivity contribution in [3.8, 4) is 6.07 Å². The molecule has 1 aliphatic heterocycles. The summed E-state index contributed by atoms with van der Waals surface area (Å²) >= 11 is 0. The van der Waals surface area contributed by atoms with Gasteiger partial charge in [0.15, 0.2) is 0 Å². The topological polar surface area (TPSA) is 136 Å². The Morgan fingerprint density at radius 3 is 2.93 bits per heavy atom. The Balaban J connectivity index is 1.57. The van der Waals surface area contributed by atoms with Crippen LogP contribution >= 0.6 is 0 Å². The molecule has 3 N–H and O–H groups in total. The van der Waals surface area contributed by atoms with E-state index in [1.54, 1.807) is 12.1 Å². The molecule has 1 aromatic heterocycles. The van der Waals surface area contributed by atoms with Gasteiger partial charge in [-0.05, 0) is 30.9 Å². The van der Waals surface area contributed by atoms with Crippen LogP contribution in [0.3, 0.4) is 0 Å². The zero-order valence-corrected chi connectivity index (χ0v) is 16.3. The maximum absolute atomic E-state index is 12.2. The monoisotopic (exact) mass is 411 g/mol. The summed E-state index contributed by atoms with van der Waals surface area (Å²) in [5.41, 5.74) is 1.21. The van der Waals surface area contributed by atoms with Gasteiger partial charge in [-0.15, -0.1) is 0 Å². The molecule has 1 aliphatic rings. The van der Waals surface area contributed by atoms with Gasteiger partial charge in [-0.2, -0.15) is 5.26 Å². The van der Waals surface area contributed by atoms with E-state index in [0.717, 1.165) is 11.8 Å². The van der Waals surface area contributed by atoms with E-state index in [-0.39, 0.29) is 24.6 Å². The van der Waals surface area contributed by atoms with E-state index in [9.17, 15) is 19.6 Å². The van der Waals surface area contributed by atoms with Crippen LogP contribution in [0.4, 0.5) is 4.79 Å². The Kier molecular flexibility index (Phi) is 6.77. The molecule has 1 fully saturated rings. The summed E-state index contributed by atoms with van der Waals surface area (Å²) in [5, 5.41) is 31.5. The van der Waals surface area contributed by atoms with Gasteiger partial charge in [0, 0.05) is 11.9 Å². The number of nitriles is 1. The van der Waals surface area contributed by atoms with E-state index >= 15 is 0 Å². The van der Waals surface area contributed by atoms with E-state index in [1.165, 1.54) is 11.2 Å². The third-order valence-corrected chi connectivity index (χ3v) is 5.10.